The average molecular weight is 276 g/mol. The molecule has 15 heavy (non-hydrogen) atoms. The first kappa shape index (κ1) is 17.4. The maximum Gasteiger partial charge on any atom is 0.0621 e. The van der Waals surface area contributed by atoms with Crippen molar-refractivity contribution < 1.29 is 0 Å². The minimum Gasteiger partial charge on any atom is -0.198 e. The summed E-state index contributed by atoms with van der Waals surface area (Å²) in [4.78, 5) is 0. The van der Waals surface area contributed by atoms with Gasteiger partial charge in [0.2, 0.25) is 0 Å². The van der Waals surface area contributed by atoms with Gasteiger partial charge in [-0.1, -0.05) is 57.5 Å². The van der Waals surface area contributed by atoms with Crippen LogP contribution in [-0.4, -0.2) is 5.33 Å². The highest BCUT2D eigenvalue weighted by atomic mass is 79.9. The minimum absolute atomic E-state index is 0.329. The highest BCUT2D eigenvalue weighted by Crippen LogP contribution is 2.19. The lowest BCUT2D eigenvalue weighted by Gasteiger charge is -2.14. The summed E-state index contributed by atoms with van der Waals surface area (Å²) < 4.78 is 0. The third-order valence-electron chi connectivity index (χ3n) is 1.83. The maximum atomic E-state index is 8.18. The van der Waals surface area contributed by atoms with Gasteiger partial charge in [0.05, 0.1) is 6.07 Å². The van der Waals surface area contributed by atoms with Gasteiger partial charge in [-0.15, -0.1) is 0 Å². The van der Waals surface area contributed by atoms with Crippen LogP contribution in [-0.2, 0) is 0 Å². The van der Waals surface area contributed by atoms with Crippen molar-refractivity contribution in [1.29, 1.82) is 5.26 Å². The molecule has 0 saturated heterocycles. The highest BCUT2D eigenvalue weighted by molar-refractivity contribution is 9.09. The van der Waals surface area contributed by atoms with Crippen LogP contribution >= 0.6 is 15.9 Å². The SMILES string of the molecule is CC(C)(C)CCBr.CC(C)(C)CCC#N. The van der Waals surface area contributed by atoms with Crippen molar-refractivity contribution >= 4 is 15.9 Å². The first-order valence-corrected chi connectivity index (χ1v) is 6.67. The molecule has 0 N–H and O–H groups in total. The second-order valence-electron chi connectivity index (χ2n) is 6.22. The van der Waals surface area contributed by atoms with E-state index in [9.17, 15) is 0 Å². The van der Waals surface area contributed by atoms with Gasteiger partial charge in [-0.05, 0) is 23.7 Å². The molecule has 90 valence electrons. The number of nitrogens with zero attached hydrogens (tertiary/aromatic N) is 1. The summed E-state index contributed by atoms with van der Waals surface area (Å²) in [5.74, 6) is 0. The van der Waals surface area contributed by atoms with Gasteiger partial charge in [-0.3, -0.25) is 0 Å². The molecule has 2 heteroatoms. The van der Waals surface area contributed by atoms with Crippen LogP contribution in [0.4, 0.5) is 0 Å². The van der Waals surface area contributed by atoms with Crippen LogP contribution in [0, 0.1) is 22.2 Å². The number of halogens is 1. The number of hydrogen-bond donors (Lipinski definition) is 0. The normalized spacial score (nSPS) is 11.3. The van der Waals surface area contributed by atoms with Crippen molar-refractivity contribution in [1.82, 2.24) is 0 Å². The molecule has 0 aromatic carbocycles. The zero-order valence-corrected chi connectivity index (χ0v) is 12.7. The molecule has 0 aliphatic carbocycles. The van der Waals surface area contributed by atoms with E-state index in [2.05, 4.69) is 63.5 Å². The monoisotopic (exact) mass is 275 g/mol. The van der Waals surface area contributed by atoms with Crippen LogP contribution in [0.5, 0.6) is 0 Å². The number of alkyl halides is 1. The molecule has 0 atom stereocenters. The smallest absolute Gasteiger partial charge is 0.0621 e. The van der Waals surface area contributed by atoms with Gasteiger partial charge in [0.1, 0.15) is 0 Å². The molecule has 0 bridgehead atoms. The fourth-order valence-electron chi connectivity index (χ4n) is 0.714. The van der Waals surface area contributed by atoms with Gasteiger partial charge in [-0.2, -0.15) is 5.26 Å². The lowest BCUT2D eigenvalue weighted by Crippen LogP contribution is -2.04. The lowest BCUT2D eigenvalue weighted by molar-refractivity contribution is 0.383. The Kier molecular flexibility index (Phi) is 9.45. The van der Waals surface area contributed by atoms with Crippen LogP contribution < -0.4 is 0 Å². The second kappa shape index (κ2) is 8.16. The summed E-state index contributed by atoms with van der Waals surface area (Å²) in [6.07, 6.45) is 2.94. The fraction of sp³-hybridized carbons (Fsp3) is 0.923. The van der Waals surface area contributed by atoms with E-state index in [1.54, 1.807) is 0 Å². The predicted octanol–water partition coefficient (Wildman–Crippen LogP) is 5.15. The molecule has 0 rings (SSSR count). The Morgan fingerprint density at radius 2 is 1.33 bits per heavy atom. The molecule has 0 aromatic rings. The van der Waals surface area contributed by atoms with E-state index in [0.717, 1.165) is 11.8 Å². The van der Waals surface area contributed by atoms with E-state index in [1.807, 2.05) is 0 Å². The molecular formula is C13H26BrN. The molecule has 0 aliphatic heterocycles. The maximum absolute atomic E-state index is 8.18. The summed E-state index contributed by atoms with van der Waals surface area (Å²) in [5, 5.41) is 9.30. The average Bonchev–Trinajstić information content (AvgIpc) is 1.98. The van der Waals surface area contributed by atoms with Gasteiger partial charge < -0.3 is 0 Å². The van der Waals surface area contributed by atoms with Crippen molar-refractivity contribution in [3.8, 4) is 6.07 Å². The molecule has 0 amide bonds. The lowest BCUT2D eigenvalue weighted by atomic mass is 9.91. The van der Waals surface area contributed by atoms with E-state index in [-0.39, 0.29) is 0 Å². The highest BCUT2D eigenvalue weighted by Gasteiger charge is 2.07. The molecule has 0 unspecified atom stereocenters. The standard InChI is InChI=1S/C7H13N.C6H13Br/c1-7(2,3)5-4-6-8;1-6(2,3)4-5-7/h4-5H2,1-3H3;4-5H2,1-3H3. The number of rotatable bonds is 2. The van der Waals surface area contributed by atoms with Crippen molar-refractivity contribution in [2.45, 2.75) is 60.8 Å². The summed E-state index contributed by atoms with van der Waals surface area (Å²) in [7, 11) is 0. The van der Waals surface area contributed by atoms with Gasteiger partial charge >= 0.3 is 0 Å². The summed E-state index contributed by atoms with van der Waals surface area (Å²) in [6.45, 7) is 13.2. The molecule has 0 heterocycles. The Balaban J connectivity index is 0. The van der Waals surface area contributed by atoms with Gasteiger partial charge in [0.25, 0.3) is 0 Å². The van der Waals surface area contributed by atoms with Crippen LogP contribution in [0.2, 0.25) is 0 Å². The molecule has 0 fully saturated rings. The van der Waals surface area contributed by atoms with E-state index in [1.165, 1.54) is 6.42 Å². The first-order valence-electron chi connectivity index (χ1n) is 5.55. The first-order chi connectivity index (χ1) is 6.62. The van der Waals surface area contributed by atoms with Crippen molar-refractivity contribution in [2.75, 3.05) is 5.33 Å². The fourth-order valence-corrected chi connectivity index (χ4v) is 1.90. The molecular weight excluding hydrogens is 250 g/mol. The minimum atomic E-state index is 0.329. The second-order valence-corrected chi connectivity index (χ2v) is 7.01. The van der Waals surface area contributed by atoms with E-state index in [0.29, 0.717) is 17.3 Å². The predicted molar refractivity (Wildman–Crippen MR) is 72.2 cm³/mol. The molecule has 0 saturated carbocycles. The summed E-state index contributed by atoms with van der Waals surface area (Å²) >= 11 is 3.39. The van der Waals surface area contributed by atoms with Crippen molar-refractivity contribution in [3.63, 3.8) is 0 Å². The topological polar surface area (TPSA) is 23.8 Å². The van der Waals surface area contributed by atoms with E-state index >= 15 is 0 Å². The molecule has 0 radical (unpaired) electrons. The Morgan fingerprint density at radius 3 is 1.40 bits per heavy atom. The quantitative estimate of drug-likeness (QED) is 0.639. The third-order valence-corrected chi connectivity index (χ3v) is 2.23. The van der Waals surface area contributed by atoms with E-state index < -0.39 is 0 Å². The molecule has 0 aromatic heterocycles. The van der Waals surface area contributed by atoms with Crippen LogP contribution in [0.3, 0.4) is 0 Å². The number of nitriles is 1. The molecule has 1 nitrogen and oxygen atoms in total. The van der Waals surface area contributed by atoms with Crippen LogP contribution in [0.1, 0.15) is 60.8 Å². The van der Waals surface area contributed by atoms with Gasteiger partial charge in [-0.25, -0.2) is 0 Å². The van der Waals surface area contributed by atoms with E-state index in [4.69, 9.17) is 5.26 Å². The zero-order chi connectivity index (χ0) is 12.5. The molecule has 0 spiro atoms. The third kappa shape index (κ3) is 24.9. The summed E-state index contributed by atoms with van der Waals surface area (Å²) in [5.41, 5.74) is 0.833. The van der Waals surface area contributed by atoms with Gasteiger partial charge in [0, 0.05) is 11.8 Å². The van der Waals surface area contributed by atoms with Crippen molar-refractivity contribution in [2.24, 2.45) is 10.8 Å². The van der Waals surface area contributed by atoms with Gasteiger partial charge in [0.15, 0.2) is 0 Å². The van der Waals surface area contributed by atoms with Crippen LogP contribution in [0.25, 0.3) is 0 Å². The van der Waals surface area contributed by atoms with Crippen LogP contribution in [0.15, 0.2) is 0 Å². The Bertz CT molecular complexity index is 178. The Hall–Kier alpha value is -0.0300. The Labute approximate surface area is 104 Å². The molecule has 0 aliphatic rings. The Morgan fingerprint density at radius 1 is 0.933 bits per heavy atom. The zero-order valence-electron chi connectivity index (χ0n) is 11.2. The largest absolute Gasteiger partial charge is 0.198 e. The van der Waals surface area contributed by atoms with Crippen molar-refractivity contribution in [3.05, 3.63) is 0 Å². The summed E-state index contributed by atoms with van der Waals surface area (Å²) in [6, 6.07) is 2.12. The number of hydrogen-bond acceptors (Lipinski definition) is 1.